The van der Waals surface area contributed by atoms with Crippen LogP contribution in [-0.4, -0.2) is 46.7 Å². The first-order chi connectivity index (χ1) is 13.2. The molecule has 0 unspecified atom stereocenters. The van der Waals surface area contributed by atoms with Crippen LogP contribution in [0.5, 0.6) is 0 Å². The number of likely N-dealkylation sites (tertiary alicyclic amines) is 1. The van der Waals surface area contributed by atoms with E-state index in [-0.39, 0.29) is 12.1 Å². The van der Waals surface area contributed by atoms with Crippen molar-refractivity contribution in [1.82, 2.24) is 14.9 Å². The van der Waals surface area contributed by atoms with E-state index in [1.807, 2.05) is 25.1 Å². The molecule has 0 aliphatic carbocycles. The molecule has 7 heteroatoms. The number of hydrogen-bond acceptors (Lipinski definition) is 6. The molecule has 0 saturated carbocycles. The Morgan fingerprint density at radius 3 is 2.70 bits per heavy atom. The molecule has 2 N–H and O–H groups in total. The first-order valence-corrected chi connectivity index (χ1v) is 9.44. The summed E-state index contributed by atoms with van der Waals surface area (Å²) in [5.41, 5.74) is 2.50. The number of nitrogens with one attached hydrogen (secondary N) is 2. The molecule has 144 valence electrons. The zero-order chi connectivity index (χ0) is 19.1. The number of nitrogens with zero attached hydrogens (tertiary/aromatic N) is 3. The number of aromatic nitrogens is 2. The van der Waals surface area contributed by atoms with Crippen LogP contribution in [0.25, 0.3) is 0 Å². The van der Waals surface area contributed by atoms with E-state index in [1.165, 1.54) is 11.1 Å². The van der Waals surface area contributed by atoms with Crippen molar-refractivity contribution < 1.29 is 9.53 Å². The normalized spacial score (nSPS) is 14.7. The minimum Gasteiger partial charge on any atom is -0.450 e. The number of aryl methyl sites for hydroxylation is 1. The molecule has 1 aliphatic rings. The van der Waals surface area contributed by atoms with Crippen molar-refractivity contribution in [2.75, 3.05) is 30.3 Å². The van der Waals surface area contributed by atoms with E-state index >= 15 is 0 Å². The minimum atomic E-state index is -0.222. The minimum absolute atomic E-state index is 0.222. The zero-order valence-electron chi connectivity index (χ0n) is 15.9. The van der Waals surface area contributed by atoms with Crippen LogP contribution in [0.1, 0.15) is 30.9 Å². The maximum Gasteiger partial charge on any atom is 0.409 e. The fourth-order valence-corrected chi connectivity index (χ4v) is 3.16. The maximum absolute atomic E-state index is 11.8. The van der Waals surface area contributed by atoms with Gasteiger partial charge < -0.3 is 20.3 Å². The Morgan fingerprint density at radius 1 is 1.22 bits per heavy atom. The van der Waals surface area contributed by atoms with Gasteiger partial charge in [-0.3, -0.25) is 0 Å². The monoisotopic (exact) mass is 369 g/mol. The van der Waals surface area contributed by atoms with Gasteiger partial charge in [-0.05, 0) is 37.8 Å². The molecule has 7 nitrogen and oxygen atoms in total. The summed E-state index contributed by atoms with van der Waals surface area (Å²) < 4.78 is 5.06. The van der Waals surface area contributed by atoms with Gasteiger partial charge in [0.1, 0.15) is 18.0 Å². The standard InChI is InChI=1S/C20H27N5O2/c1-3-27-20(26)25-10-8-17(9-11-25)24-19-12-18(22-14-23-19)21-13-16-7-5-4-6-15(16)2/h4-7,12,14,17H,3,8-11,13H2,1-2H3,(H2,21,22,23,24). The van der Waals surface area contributed by atoms with Crippen LogP contribution in [0.15, 0.2) is 36.7 Å². The van der Waals surface area contributed by atoms with Crippen molar-refractivity contribution in [2.45, 2.75) is 39.3 Å². The molecule has 0 bridgehead atoms. The molecular formula is C20H27N5O2. The van der Waals surface area contributed by atoms with E-state index in [2.05, 4.69) is 39.7 Å². The van der Waals surface area contributed by atoms with Gasteiger partial charge in [0.15, 0.2) is 0 Å². The van der Waals surface area contributed by atoms with Gasteiger partial charge in [-0.15, -0.1) is 0 Å². The number of hydrogen-bond donors (Lipinski definition) is 2. The summed E-state index contributed by atoms with van der Waals surface area (Å²) in [7, 11) is 0. The molecule has 2 heterocycles. The molecule has 1 aromatic heterocycles. The Labute approximate surface area is 160 Å². The average molecular weight is 369 g/mol. The second-order valence-corrected chi connectivity index (χ2v) is 6.67. The van der Waals surface area contributed by atoms with Crippen LogP contribution in [0.3, 0.4) is 0 Å². The van der Waals surface area contributed by atoms with Gasteiger partial charge in [0.05, 0.1) is 6.61 Å². The summed E-state index contributed by atoms with van der Waals surface area (Å²) in [6, 6.07) is 10.5. The van der Waals surface area contributed by atoms with Crippen molar-refractivity contribution in [3.63, 3.8) is 0 Å². The molecule has 1 aromatic carbocycles. The molecular weight excluding hydrogens is 342 g/mol. The van der Waals surface area contributed by atoms with Gasteiger partial charge in [0.25, 0.3) is 0 Å². The van der Waals surface area contributed by atoms with Crippen molar-refractivity contribution >= 4 is 17.7 Å². The number of ether oxygens (including phenoxy) is 1. The molecule has 0 spiro atoms. The highest BCUT2D eigenvalue weighted by Crippen LogP contribution is 2.18. The Morgan fingerprint density at radius 2 is 1.96 bits per heavy atom. The third-order valence-electron chi connectivity index (χ3n) is 4.76. The average Bonchev–Trinajstić information content (AvgIpc) is 2.68. The smallest absolute Gasteiger partial charge is 0.409 e. The van der Waals surface area contributed by atoms with Crippen LogP contribution in [0.4, 0.5) is 16.4 Å². The zero-order valence-corrected chi connectivity index (χ0v) is 15.9. The Balaban J connectivity index is 1.51. The van der Waals surface area contributed by atoms with E-state index in [1.54, 1.807) is 11.2 Å². The van der Waals surface area contributed by atoms with Gasteiger partial charge in [0.2, 0.25) is 0 Å². The van der Waals surface area contributed by atoms with Crippen LogP contribution in [-0.2, 0) is 11.3 Å². The van der Waals surface area contributed by atoms with Crippen molar-refractivity contribution in [3.05, 3.63) is 47.8 Å². The summed E-state index contributed by atoms with van der Waals surface area (Å²) in [6.07, 6.45) is 3.08. The highest BCUT2D eigenvalue weighted by molar-refractivity contribution is 5.67. The first kappa shape index (κ1) is 18.9. The molecule has 1 aliphatic heterocycles. The van der Waals surface area contributed by atoms with Crippen molar-refractivity contribution in [2.24, 2.45) is 0 Å². The molecule has 27 heavy (non-hydrogen) atoms. The predicted molar refractivity (Wildman–Crippen MR) is 106 cm³/mol. The number of rotatable bonds is 6. The summed E-state index contributed by atoms with van der Waals surface area (Å²) >= 11 is 0. The largest absolute Gasteiger partial charge is 0.450 e. The first-order valence-electron chi connectivity index (χ1n) is 9.44. The van der Waals surface area contributed by atoms with Gasteiger partial charge >= 0.3 is 6.09 Å². The highest BCUT2D eigenvalue weighted by Gasteiger charge is 2.23. The summed E-state index contributed by atoms with van der Waals surface area (Å²) in [5, 5.41) is 6.81. The Kier molecular flexibility index (Phi) is 6.46. The Bertz CT molecular complexity index is 760. The Hall–Kier alpha value is -2.83. The summed E-state index contributed by atoms with van der Waals surface area (Å²) in [5.74, 6) is 1.59. The lowest BCUT2D eigenvalue weighted by Crippen LogP contribution is -2.42. The lowest BCUT2D eigenvalue weighted by atomic mass is 10.1. The van der Waals surface area contributed by atoms with Crippen LogP contribution >= 0.6 is 0 Å². The number of piperidine rings is 1. The molecule has 0 radical (unpaired) electrons. The van der Waals surface area contributed by atoms with E-state index in [0.717, 1.165) is 31.0 Å². The van der Waals surface area contributed by atoms with Crippen molar-refractivity contribution in [3.8, 4) is 0 Å². The van der Waals surface area contributed by atoms with Crippen LogP contribution in [0, 0.1) is 6.92 Å². The van der Waals surface area contributed by atoms with Gasteiger partial charge in [0, 0.05) is 31.7 Å². The van der Waals surface area contributed by atoms with Crippen molar-refractivity contribution in [1.29, 1.82) is 0 Å². The van der Waals surface area contributed by atoms with E-state index < -0.39 is 0 Å². The number of anilines is 2. The lowest BCUT2D eigenvalue weighted by Gasteiger charge is -2.31. The third-order valence-corrected chi connectivity index (χ3v) is 4.76. The number of amides is 1. The SMILES string of the molecule is CCOC(=O)N1CCC(Nc2cc(NCc3ccccc3C)ncn2)CC1. The van der Waals surface area contributed by atoms with Gasteiger partial charge in [-0.1, -0.05) is 24.3 Å². The molecule has 0 atom stereocenters. The highest BCUT2D eigenvalue weighted by atomic mass is 16.6. The van der Waals surface area contributed by atoms with E-state index in [9.17, 15) is 4.79 Å². The second kappa shape index (κ2) is 9.21. The maximum atomic E-state index is 11.8. The molecule has 2 aromatic rings. The molecule has 1 amide bonds. The summed E-state index contributed by atoms with van der Waals surface area (Å²) in [4.78, 5) is 22.2. The predicted octanol–water partition coefficient (Wildman–Crippen LogP) is 3.43. The lowest BCUT2D eigenvalue weighted by molar-refractivity contribution is 0.0983. The fraction of sp³-hybridized carbons (Fsp3) is 0.450. The van der Waals surface area contributed by atoms with Crippen LogP contribution in [0.2, 0.25) is 0 Å². The molecule has 1 saturated heterocycles. The molecule has 1 fully saturated rings. The quantitative estimate of drug-likeness (QED) is 0.812. The van der Waals surface area contributed by atoms with E-state index in [0.29, 0.717) is 19.7 Å². The number of carbonyl (C=O) groups is 1. The number of benzene rings is 1. The van der Waals surface area contributed by atoms with Gasteiger partial charge in [-0.25, -0.2) is 14.8 Å². The third kappa shape index (κ3) is 5.32. The molecule has 3 rings (SSSR count). The number of carbonyl (C=O) groups excluding carboxylic acids is 1. The topological polar surface area (TPSA) is 79.4 Å². The second-order valence-electron chi connectivity index (χ2n) is 6.67. The van der Waals surface area contributed by atoms with Gasteiger partial charge in [-0.2, -0.15) is 0 Å². The van der Waals surface area contributed by atoms with E-state index in [4.69, 9.17) is 4.74 Å². The fourth-order valence-electron chi connectivity index (χ4n) is 3.16. The van der Waals surface area contributed by atoms with Crippen LogP contribution < -0.4 is 10.6 Å². The summed E-state index contributed by atoms with van der Waals surface area (Å²) in [6.45, 7) is 6.45.